The van der Waals surface area contributed by atoms with Crippen LogP contribution in [0.2, 0.25) is 0 Å². The minimum atomic E-state index is -0.0736. The predicted octanol–water partition coefficient (Wildman–Crippen LogP) is 0.503. The van der Waals surface area contributed by atoms with Gasteiger partial charge < -0.3 is 15.5 Å². The Labute approximate surface area is 80.7 Å². The minimum Gasteiger partial charge on any atom is -0.338 e. The van der Waals surface area contributed by atoms with Crippen LogP contribution in [0, 0.1) is 5.92 Å². The van der Waals surface area contributed by atoms with E-state index >= 15 is 0 Å². The summed E-state index contributed by atoms with van der Waals surface area (Å²) in [7, 11) is 3.96. The number of nitrogens with zero attached hydrogens (tertiary/aromatic N) is 1. The van der Waals surface area contributed by atoms with Crippen molar-refractivity contribution in [1.29, 1.82) is 0 Å². The summed E-state index contributed by atoms with van der Waals surface area (Å²) < 4.78 is 0. The minimum absolute atomic E-state index is 0.0736. The third kappa shape index (κ3) is 9.14. The molecule has 0 rings (SSSR count). The molecule has 0 atom stereocenters. The van der Waals surface area contributed by atoms with Crippen molar-refractivity contribution < 1.29 is 4.79 Å². The molecule has 0 radical (unpaired) electrons. The fourth-order valence-electron chi connectivity index (χ4n) is 0.752. The van der Waals surface area contributed by atoms with Gasteiger partial charge in [-0.3, -0.25) is 0 Å². The first-order chi connectivity index (χ1) is 6.02. The van der Waals surface area contributed by atoms with Gasteiger partial charge in [0.2, 0.25) is 0 Å². The molecule has 13 heavy (non-hydrogen) atoms. The van der Waals surface area contributed by atoms with Crippen LogP contribution in [0.3, 0.4) is 0 Å². The highest BCUT2D eigenvalue weighted by atomic mass is 16.2. The maximum Gasteiger partial charge on any atom is 0.314 e. The van der Waals surface area contributed by atoms with Crippen LogP contribution in [-0.4, -0.2) is 44.7 Å². The molecule has 2 N–H and O–H groups in total. The van der Waals surface area contributed by atoms with Crippen molar-refractivity contribution in [2.24, 2.45) is 5.92 Å². The van der Waals surface area contributed by atoms with Crippen LogP contribution in [0.5, 0.6) is 0 Å². The van der Waals surface area contributed by atoms with Gasteiger partial charge >= 0.3 is 6.03 Å². The molecular formula is C9H21N3O. The van der Waals surface area contributed by atoms with E-state index < -0.39 is 0 Å². The van der Waals surface area contributed by atoms with Gasteiger partial charge in [0.15, 0.2) is 0 Å². The molecule has 0 saturated heterocycles. The van der Waals surface area contributed by atoms with E-state index in [0.717, 1.165) is 13.1 Å². The summed E-state index contributed by atoms with van der Waals surface area (Å²) in [4.78, 5) is 13.1. The van der Waals surface area contributed by atoms with Gasteiger partial charge in [0.25, 0.3) is 0 Å². The Hall–Kier alpha value is -0.770. The number of hydrogen-bond acceptors (Lipinski definition) is 2. The molecule has 0 aromatic heterocycles. The van der Waals surface area contributed by atoms with E-state index in [1.54, 1.807) is 0 Å². The molecule has 0 bridgehead atoms. The van der Waals surface area contributed by atoms with Crippen LogP contribution < -0.4 is 10.6 Å². The summed E-state index contributed by atoms with van der Waals surface area (Å²) in [6.45, 7) is 6.43. The first kappa shape index (κ1) is 12.2. The summed E-state index contributed by atoms with van der Waals surface area (Å²) in [5, 5.41) is 5.56. The van der Waals surface area contributed by atoms with Crippen molar-refractivity contribution >= 4 is 6.03 Å². The molecule has 0 heterocycles. The SMILES string of the molecule is CC(C)CNC(=O)NCCN(C)C. The van der Waals surface area contributed by atoms with Crippen molar-refractivity contribution in [3.63, 3.8) is 0 Å². The lowest BCUT2D eigenvalue weighted by Gasteiger charge is -2.12. The number of urea groups is 1. The Kier molecular flexibility index (Phi) is 6.32. The highest BCUT2D eigenvalue weighted by Gasteiger charge is 2.00. The number of carbonyl (C=O) groups is 1. The van der Waals surface area contributed by atoms with Crippen molar-refractivity contribution in [2.75, 3.05) is 33.7 Å². The molecule has 4 nitrogen and oxygen atoms in total. The zero-order chi connectivity index (χ0) is 10.3. The van der Waals surface area contributed by atoms with Crippen LogP contribution >= 0.6 is 0 Å². The number of likely N-dealkylation sites (N-methyl/N-ethyl adjacent to an activating group) is 1. The van der Waals surface area contributed by atoms with Crippen LogP contribution in [0.15, 0.2) is 0 Å². The van der Waals surface area contributed by atoms with E-state index in [1.807, 2.05) is 19.0 Å². The number of hydrogen-bond donors (Lipinski definition) is 2. The molecule has 4 heteroatoms. The molecule has 0 unspecified atom stereocenters. The Morgan fingerprint density at radius 2 is 1.92 bits per heavy atom. The summed E-state index contributed by atoms with van der Waals surface area (Å²) in [6.07, 6.45) is 0. The van der Waals surface area contributed by atoms with Gasteiger partial charge in [0.05, 0.1) is 0 Å². The van der Waals surface area contributed by atoms with Crippen molar-refractivity contribution in [2.45, 2.75) is 13.8 Å². The molecule has 0 aliphatic rings. The maximum atomic E-state index is 11.1. The summed E-state index contributed by atoms with van der Waals surface area (Å²) in [5.74, 6) is 0.500. The molecule has 0 aliphatic carbocycles. The smallest absolute Gasteiger partial charge is 0.314 e. The van der Waals surface area contributed by atoms with Crippen LogP contribution in [0.1, 0.15) is 13.8 Å². The lowest BCUT2D eigenvalue weighted by Crippen LogP contribution is -2.40. The molecule has 0 aromatic rings. The molecule has 0 aliphatic heterocycles. The van der Waals surface area contributed by atoms with Gasteiger partial charge in [0.1, 0.15) is 0 Å². The fraction of sp³-hybridized carbons (Fsp3) is 0.889. The van der Waals surface area contributed by atoms with Gasteiger partial charge in [-0.25, -0.2) is 4.79 Å². The topological polar surface area (TPSA) is 44.4 Å². The van der Waals surface area contributed by atoms with Crippen LogP contribution in [0.4, 0.5) is 4.79 Å². The quantitative estimate of drug-likeness (QED) is 0.658. The number of carbonyl (C=O) groups excluding carboxylic acids is 1. The Morgan fingerprint density at radius 1 is 1.31 bits per heavy atom. The average molecular weight is 187 g/mol. The lowest BCUT2D eigenvalue weighted by molar-refractivity contribution is 0.238. The third-order valence-corrected chi connectivity index (χ3v) is 1.52. The molecular weight excluding hydrogens is 166 g/mol. The Morgan fingerprint density at radius 3 is 2.38 bits per heavy atom. The second-order valence-electron chi connectivity index (χ2n) is 3.83. The van der Waals surface area contributed by atoms with Gasteiger partial charge in [0, 0.05) is 19.6 Å². The van der Waals surface area contributed by atoms with E-state index in [0.29, 0.717) is 12.5 Å². The third-order valence-electron chi connectivity index (χ3n) is 1.52. The first-order valence-electron chi connectivity index (χ1n) is 4.68. The maximum absolute atomic E-state index is 11.1. The van der Waals surface area contributed by atoms with Crippen molar-refractivity contribution in [3.8, 4) is 0 Å². The van der Waals surface area contributed by atoms with Crippen molar-refractivity contribution in [1.82, 2.24) is 15.5 Å². The zero-order valence-electron chi connectivity index (χ0n) is 9.05. The largest absolute Gasteiger partial charge is 0.338 e. The molecule has 0 saturated carbocycles. The predicted molar refractivity (Wildman–Crippen MR) is 54.8 cm³/mol. The normalized spacial score (nSPS) is 10.6. The number of nitrogens with one attached hydrogen (secondary N) is 2. The highest BCUT2D eigenvalue weighted by Crippen LogP contribution is 1.86. The lowest BCUT2D eigenvalue weighted by atomic mass is 10.2. The first-order valence-corrected chi connectivity index (χ1v) is 4.68. The molecule has 0 spiro atoms. The second kappa shape index (κ2) is 6.71. The van der Waals surface area contributed by atoms with Crippen LogP contribution in [-0.2, 0) is 0 Å². The Bertz CT molecular complexity index is 146. The number of amides is 2. The van der Waals surface area contributed by atoms with Gasteiger partial charge in [-0.2, -0.15) is 0 Å². The van der Waals surface area contributed by atoms with E-state index in [2.05, 4.69) is 24.5 Å². The summed E-state index contributed by atoms with van der Waals surface area (Å²) >= 11 is 0. The Balaban J connectivity index is 3.30. The second-order valence-corrected chi connectivity index (χ2v) is 3.83. The standard InChI is InChI=1S/C9H21N3O/c1-8(2)7-11-9(13)10-5-6-12(3)4/h8H,5-7H2,1-4H3,(H2,10,11,13). The number of rotatable bonds is 5. The van der Waals surface area contributed by atoms with Gasteiger partial charge in [-0.1, -0.05) is 13.8 Å². The highest BCUT2D eigenvalue weighted by molar-refractivity contribution is 5.73. The van der Waals surface area contributed by atoms with Gasteiger partial charge in [-0.15, -0.1) is 0 Å². The van der Waals surface area contributed by atoms with Crippen LogP contribution in [0.25, 0.3) is 0 Å². The van der Waals surface area contributed by atoms with Crippen molar-refractivity contribution in [3.05, 3.63) is 0 Å². The average Bonchev–Trinajstić information content (AvgIpc) is 2.00. The van der Waals surface area contributed by atoms with E-state index in [1.165, 1.54) is 0 Å². The van der Waals surface area contributed by atoms with Gasteiger partial charge in [-0.05, 0) is 20.0 Å². The van der Waals surface area contributed by atoms with E-state index in [4.69, 9.17) is 0 Å². The molecule has 0 fully saturated rings. The molecule has 2 amide bonds. The monoisotopic (exact) mass is 187 g/mol. The molecule has 0 aromatic carbocycles. The van der Waals surface area contributed by atoms with E-state index in [9.17, 15) is 4.79 Å². The summed E-state index contributed by atoms with van der Waals surface area (Å²) in [5.41, 5.74) is 0. The summed E-state index contributed by atoms with van der Waals surface area (Å²) in [6, 6.07) is -0.0736. The molecule has 78 valence electrons. The fourth-order valence-corrected chi connectivity index (χ4v) is 0.752. The van der Waals surface area contributed by atoms with E-state index in [-0.39, 0.29) is 6.03 Å². The zero-order valence-corrected chi connectivity index (χ0v) is 9.05.